The van der Waals surface area contributed by atoms with Crippen molar-refractivity contribution in [3.05, 3.63) is 0 Å². The highest BCUT2D eigenvalue weighted by Gasteiger charge is 2.37. The minimum Gasteiger partial charge on any atom is -0.338 e. The van der Waals surface area contributed by atoms with Crippen LogP contribution in [0, 0.1) is 5.92 Å². The van der Waals surface area contributed by atoms with E-state index in [1.54, 1.807) is 0 Å². The second-order valence-electron chi connectivity index (χ2n) is 5.81. The van der Waals surface area contributed by atoms with Crippen molar-refractivity contribution in [3.63, 3.8) is 0 Å². The van der Waals surface area contributed by atoms with Gasteiger partial charge in [0.25, 0.3) is 0 Å². The third-order valence-corrected chi connectivity index (χ3v) is 5.25. The number of sulfone groups is 1. The van der Waals surface area contributed by atoms with Crippen LogP contribution in [0.4, 0.5) is 4.79 Å². The Kier molecular flexibility index (Phi) is 4.71. The maximum Gasteiger partial charge on any atom is 0.317 e. The number of nitrogens with one attached hydrogen (secondary N) is 1. The molecule has 0 aromatic heterocycles. The first-order valence-electron chi connectivity index (χ1n) is 7.19. The first-order chi connectivity index (χ1) is 8.97. The number of amides is 2. The van der Waals surface area contributed by atoms with E-state index in [-0.39, 0.29) is 11.8 Å². The Morgan fingerprint density at radius 1 is 1.26 bits per heavy atom. The van der Waals surface area contributed by atoms with Gasteiger partial charge in [0.15, 0.2) is 0 Å². The van der Waals surface area contributed by atoms with E-state index in [0.29, 0.717) is 24.9 Å². The van der Waals surface area contributed by atoms with Crippen molar-refractivity contribution in [3.8, 4) is 0 Å². The maximum absolute atomic E-state index is 12.1. The Morgan fingerprint density at radius 2 is 2.00 bits per heavy atom. The summed E-state index contributed by atoms with van der Waals surface area (Å²) in [4.78, 5) is 14.1. The second kappa shape index (κ2) is 6.11. The third-order valence-electron chi connectivity index (χ3n) is 4.22. The lowest BCUT2D eigenvalue weighted by Crippen LogP contribution is -2.50. The summed E-state index contributed by atoms with van der Waals surface area (Å²) in [5.74, 6) is 0.829. The molecule has 0 radical (unpaired) electrons. The van der Waals surface area contributed by atoms with E-state index in [1.165, 1.54) is 25.5 Å². The van der Waals surface area contributed by atoms with Gasteiger partial charge in [-0.1, -0.05) is 6.42 Å². The molecule has 2 aliphatic rings. The number of nitrogens with zero attached hydrogens (tertiary/aromatic N) is 1. The van der Waals surface area contributed by atoms with Gasteiger partial charge >= 0.3 is 6.03 Å². The molecule has 0 spiro atoms. The zero-order valence-corrected chi connectivity index (χ0v) is 12.4. The van der Waals surface area contributed by atoms with Gasteiger partial charge in [0.2, 0.25) is 0 Å². The molecule has 110 valence electrons. The molecule has 0 unspecified atom stereocenters. The second-order valence-corrected chi connectivity index (χ2v) is 8.07. The van der Waals surface area contributed by atoms with Gasteiger partial charge in [-0.2, -0.15) is 0 Å². The molecule has 0 aromatic carbocycles. The van der Waals surface area contributed by atoms with Crippen LogP contribution in [-0.4, -0.2) is 50.5 Å². The largest absolute Gasteiger partial charge is 0.338 e. The molecule has 2 amide bonds. The first kappa shape index (κ1) is 14.6. The van der Waals surface area contributed by atoms with E-state index >= 15 is 0 Å². The summed E-state index contributed by atoms with van der Waals surface area (Å²) >= 11 is 0. The zero-order chi connectivity index (χ0) is 13.9. The van der Waals surface area contributed by atoms with Gasteiger partial charge in [0, 0.05) is 25.4 Å². The lowest BCUT2D eigenvalue weighted by atomic mass is 9.92. The number of carbonyl (C=O) groups excluding carboxylic acids is 1. The Bertz CT molecular complexity index is 422. The van der Waals surface area contributed by atoms with Crippen LogP contribution in [0.2, 0.25) is 0 Å². The van der Waals surface area contributed by atoms with E-state index in [9.17, 15) is 13.2 Å². The lowest BCUT2D eigenvalue weighted by Gasteiger charge is -2.37. The molecule has 0 aromatic rings. The monoisotopic (exact) mass is 288 g/mol. The number of hydrogen-bond acceptors (Lipinski definition) is 3. The molecule has 2 fully saturated rings. The predicted octanol–water partition coefficient (Wildman–Crippen LogP) is 1.40. The summed E-state index contributed by atoms with van der Waals surface area (Å²) in [7, 11) is -2.93. The molecule has 19 heavy (non-hydrogen) atoms. The fourth-order valence-corrected chi connectivity index (χ4v) is 4.01. The lowest BCUT2D eigenvalue weighted by molar-refractivity contribution is 0.128. The fourth-order valence-electron chi connectivity index (χ4n) is 3.34. The molecular formula is C13H24N2O3S. The molecule has 1 aliphatic heterocycles. The molecule has 2 rings (SSSR count). The van der Waals surface area contributed by atoms with Crippen molar-refractivity contribution in [2.45, 2.75) is 44.6 Å². The Balaban J connectivity index is 1.76. The molecule has 5 nitrogen and oxygen atoms in total. The number of urea groups is 1. The topological polar surface area (TPSA) is 66.5 Å². The van der Waals surface area contributed by atoms with Gasteiger partial charge < -0.3 is 10.2 Å². The Labute approximate surface area is 115 Å². The van der Waals surface area contributed by atoms with Gasteiger partial charge in [-0.15, -0.1) is 0 Å². The van der Waals surface area contributed by atoms with Crippen LogP contribution in [0.1, 0.15) is 38.5 Å². The maximum atomic E-state index is 12.1. The van der Waals surface area contributed by atoms with E-state index in [1.807, 2.05) is 4.90 Å². The fraction of sp³-hybridized carbons (Fsp3) is 0.923. The van der Waals surface area contributed by atoms with Gasteiger partial charge in [0.1, 0.15) is 9.84 Å². The predicted molar refractivity (Wildman–Crippen MR) is 74.8 cm³/mol. The quantitative estimate of drug-likeness (QED) is 0.795. The molecule has 1 aliphatic carbocycles. The van der Waals surface area contributed by atoms with Gasteiger partial charge in [-0.05, 0) is 38.0 Å². The van der Waals surface area contributed by atoms with E-state index in [0.717, 1.165) is 19.4 Å². The highest BCUT2D eigenvalue weighted by molar-refractivity contribution is 7.90. The number of fused-ring (bicyclic) bond motifs is 1. The number of hydrogen-bond donors (Lipinski definition) is 1. The molecule has 1 saturated carbocycles. The summed E-state index contributed by atoms with van der Waals surface area (Å²) in [5, 5.41) is 2.86. The third kappa shape index (κ3) is 4.09. The highest BCUT2D eigenvalue weighted by Crippen LogP contribution is 2.36. The summed E-state index contributed by atoms with van der Waals surface area (Å²) in [6.07, 6.45) is 7.67. The normalized spacial score (nSPS) is 27.1. The minimum absolute atomic E-state index is 0.00917. The zero-order valence-electron chi connectivity index (χ0n) is 11.6. The van der Waals surface area contributed by atoms with E-state index < -0.39 is 9.84 Å². The van der Waals surface area contributed by atoms with E-state index in [2.05, 4.69) is 5.32 Å². The standard InChI is InChI=1S/C13H24N2O3S/c1-19(17,18)10-4-8-14-13(16)15-9-3-6-11-5-2-7-12(11)15/h11-12H,2-10H2,1H3,(H,14,16)/t11-,12+/m0/s1. The Hall–Kier alpha value is -0.780. The molecule has 6 heteroatoms. The van der Waals surface area contributed by atoms with Crippen LogP contribution in [0.15, 0.2) is 0 Å². The van der Waals surface area contributed by atoms with Crippen LogP contribution in [0.5, 0.6) is 0 Å². The van der Waals surface area contributed by atoms with Crippen molar-refractivity contribution >= 4 is 15.9 Å². The van der Waals surface area contributed by atoms with Crippen LogP contribution >= 0.6 is 0 Å². The molecule has 2 atom stereocenters. The number of piperidine rings is 1. The first-order valence-corrected chi connectivity index (χ1v) is 9.25. The highest BCUT2D eigenvalue weighted by atomic mass is 32.2. The van der Waals surface area contributed by atoms with Crippen molar-refractivity contribution < 1.29 is 13.2 Å². The van der Waals surface area contributed by atoms with Gasteiger partial charge in [-0.3, -0.25) is 0 Å². The molecule has 0 bridgehead atoms. The Morgan fingerprint density at radius 3 is 2.74 bits per heavy atom. The molecular weight excluding hydrogens is 264 g/mol. The summed E-state index contributed by atoms with van der Waals surface area (Å²) in [6.45, 7) is 1.29. The van der Waals surface area contributed by atoms with Gasteiger partial charge in [-0.25, -0.2) is 13.2 Å². The van der Waals surface area contributed by atoms with Crippen molar-refractivity contribution in [2.24, 2.45) is 5.92 Å². The molecule has 1 N–H and O–H groups in total. The summed E-state index contributed by atoms with van der Waals surface area (Å²) < 4.78 is 22.0. The van der Waals surface area contributed by atoms with Crippen LogP contribution < -0.4 is 5.32 Å². The average Bonchev–Trinajstić information content (AvgIpc) is 2.81. The van der Waals surface area contributed by atoms with Crippen molar-refractivity contribution in [2.75, 3.05) is 25.1 Å². The van der Waals surface area contributed by atoms with Crippen LogP contribution in [0.25, 0.3) is 0 Å². The van der Waals surface area contributed by atoms with Crippen molar-refractivity contribution in [1.82, 2.24) is 10.2 Å². The van der Waals surface area contributed by atoms with E-state index in [4.69, 9.17) is 0 Å². The minimum atomic E-state index is -2.93. The summed E-state index contributed by atoms with van der Waals surface area (Å²) in [6, 6.07) is 0.411. The SMILES string of the molecule is CS(=O)(=O)CCCNC(=O)N1CCC[C@@H]2CCC[C@H]21. The summed E-state index contributed by atoms with van der Waals surface area (Å²) in [5.41, 5.74) is 0. The molecule has 1 saturated heterocycles. The number of carbonyl (C=O) groups is 1. The van der Waals surface area contributed by atoms with Crippen molar-refractivity contribution in [1.29, 1.82) is 0 Å². The molecule has 1 heterocycles. The number of likely N-dealkylation sites (tertiary alicyclic amines) is 1. The van der Waals surface area contributed by atoms with Gasteiger partial charge in [0.05, 0.1) is 5.75 Å². The smallest absolute Gasteiger partial charge is 0.317 e. The average molecular weight is 288 g/mol. The van der Waals surface area contributed by atoms with Crippen LogP contribution in [-0.2, 0) is 9.84 Å². The van der Waals surface area contributed by atoms with Crippen LogP contribution in [0.3, 0.4) is 0 Å². The number of rotatable bonds is 4.